The van der Waals surface area contributed by atoms with Crippen LogP contribution in [0.15, 0.2) is 65.8 Å². The molecule has 0 aliphatic carbocycles. The number of H-pyrrole nitrogens is 1. The van der Waals surface area contributed by atoms with Crippen molar-refractivity contribution in [3.8, 4) is 28.5 Å². The molecule has 0 spiro atoms. The molecule has 5 aromatic rings. The van der Waals surface area contributed by atoms with Crippen molar-refractivity contribution in [2.24, 2.45) is 0 Å². The molecule has 0 saturated heterocycles. The first-order valence-corrected chi connectivity index (χ1v) is 12.9. The number of pyridine rings is 1. The van der Waals surface area contributed by atoms with Gasteiger partial charge in [0.25, 0.3) is 0 Å². The van der Waals surface area contributed by atoms with Crippen LogP contribution in [0.5, 0.6) is 0 Å². The number of carbonyl (C=O) groups excluding carboxylic acids is 1. The van der Waals surface area contributed by atoms with Crippen LogP contribution in [-0.2, 0) is 19.5 Å². The maximum Gasteiger partial charge on any atom is 0.334 e. The second-order valence-electron chi connectivity index (χ2n) is 9.20. The molecule has 0 saturated carbocycles. The zero-order chi connectivity index (χ0) is 26.5. The molecule has 0 unspecified atom stereocenters. The van der Waals surface area contributed by atoms with Gasteiger partial charge in [0.2, 0.25) is 5.82 Å². The summed E-state index contributed by atoms with van der Waals surface area (Å²) in [5.74, 6) is 1.12. The number of aromatic nitrogens is 8. The van der Waals surface area contributed by atoms with Gasteiger partial charge in [-0.2, -0.15) is 5.21 Å². The summed E-state index contributed by atoms with van der Waals surface area (Å²) in [6.45, 7) is 5.31. The van der Waals surface area contributed by atoms with Crippen molar-refractivity contribution in [2.45, 2.75) is 52.6 Å². The van der Waals surface area contributed by atoms with Gasteiger partial charge < -0.3 is 4.57 Å². The van der Waals surface area contributed by atoms with E-state index in [9.17, 15) is 9.59 Å². The number of imidazole rings is 1. The molecule has 10 heteroatoms. The largest absolute Gasteiger partial charge is 0.334 e. The minimum absolute atomic E-state index is 0.165. The smallest absolute Gasteiger partial charge is 0.333 e. The van der Waals surface area contributed by atoms with Gasteiger partial charge in [-0.15, -0.1) is 10.2 Å². The van der Waals surface area contributed by atoms with Crippen molar-refractivity contribution < 1.29 is 4.79 Å². The lowest BCUT2D eigenvalue weighted by Gasteiger charge is -2.10. The van der Waals surface area contributed by atoms with Gasteiger partial charge in [0.05, 0.1) is 17.8 Å². The van der Waals surface area contributed by atoms with E-state index in [4.69, 9.17) is 4.98 Å². The molecule has 10 nitrogen and oxygen atoms in total. The van der Waals surface area contributed by atoms with Gasteiger partial charge in [-0.3, -0.25) is 18.9 Å². The maximum atomic E-state index is 13.7. The van der Waals surface area contributed by atoms with Gasteiger partial charge in [0, 0.05) is 42.0 Å². The van der Waals surface area contributed by atoms with E-state index in [0.29, 0.717) is 23.8 Å². The third-order valence-electron chi connectivity index (χ3n) is 6.59. The lowest BCUT2D eigenvalue weighted by Crippen LogP contribution is -2.26. The normalized spacial score (nSPS) is 11.2. The lowest BCUT2D eigenvalue weighted by molar-refractivity contribution is 0.112. The molecular weight excluding hydrogens is 480 g/mol. The van der Waals surface area contributed by atoms with E-state index in [1.807, 2.05) is 53.4 Å². The molecule has 4 aromatic heterocycles. The Hall–Kier alpha value is -4.60. The van der Waals surface area contributed by atoms with Crippen LogP contribution >= 0.6 is 0 Å². The van der Waals surface area contributed by atoms with E-state index in [2.05, 4.69) is 34.5 Å². The highest BCUT2D eigenvalue weighted by Crippen LogP contribution is 2.28. The Morgan fingerprint density at radius 3 is 2.55 bits per heavy atom. The van der Waals surface area contributed by atoms with Crippen LogP contribution in [0.4, 0.5) is 0 Å². The van der Waals surface area contributed by atoms with Gasteiger partial charge in [0.15, 0.2) is 6.29 Å². The van der Waals surface area contributed by atoms with Crippen molar-refractivity contribution in [2.75, 3.05) is 0 Å². The van der Waals surface area contributed by atoms with Crippen molar-refractivity contribution in [3.63, 3.8) is 0 Å². The summed E-state index contributed by atoms with van der Waals surface area (Å²) in [7, 11) is 0. The van der Waals surface area contributed by atoms with E-state index in [-0.39, 0.29) is 5.69 Å². The molecule has 1 N–H and O–H groups in total. The number of unbranched alkanes of at least 4 members (excludes halogenated alkanes) is 1. The second kappa shape index (κ2) is 11.2. The minimum atomic E-state index is -0.165. The van der Waals surface area contributed by atoms with Gasteiger partial charge in [-0.25, -0.2) is 4.79 Å². The number of hydrogen-bond acceptors (Lipinski definition) is 6. The third-order valence-corrected chi connectivity index (χ3v) is 6.59. The summed E-state index contributed by atoms with van der Waals surface area (Å²) >= 11 is 0. The zero-order valence-electron chi connectivity index (χ0n) is 21.5. The maximum absolute atomic E-state index is 13.7. The third kappa shape index (κ3) is 4.84. The number of carbonyl (C=O) groups is 1. The minimum Gasteiger partial charge on any atom is -0.333 e. The number of aromatic amines is 1. The summed E-state index contributed by atoms with van der Waals surface area (Å²) in [6, 6.07) is 13.5. The van der Waals surface area contributed by atoms with Crippen LogP contribution < -0.4 is 5.69 Å². The molecule has 1 aromatic carbocycles. The lowest BCUT2D eigenvalue weighted by atomic mass is 10.0. The van der Waals surface area contributed by atoms with Gasteiger partial charge in [-0.05, 0) is 42.2 Å². The average Bonchev–Trinajstić information content (AvgIpc) is 3.69. The van der Waals surface area contributed by atoms with Crippen LogP contribution in [0.3, 0.4) is 0 Å². The summed E-state index contributed by atoms with van der Waals surface area (Å²) < 4.78 is 5.38. The molecule has 194 valence electrons. The van der Waals surface area contributed by atoms with Crippen molar-refractivity contribution in [1.82, 2.24) is 39.3 Å². The van der Waals surface area contributed by atoms with Crippen LogP contribution in [0.1, 0.15) is 54.7 Å². The van der Waals surface area contributed by atoms with E-state index < -0.39 is 0 Å². The van der Waals surface area contributed by atoms with Gasteiger partial charge in [0.1, 0.15) is 5.82 Å². The van der Waals surface area contributed by atoms with Crippen LogP contribution in [0, 0.1) is 0 Å². The Morgan fingerprint density at radius 1 is 1.03 bits per heavy atom. The highest BCUT2D eigenvalue weighted by molar-refractivity contribution is 5.80. The van der Waals surface area contributed by atoms with E-state index in [1.165, 1.54) is 0 Å². The van der Waals surface area contributed by atoms with Crippen LogP contribution in [-0.4, -0.2) is 45.6 Å². The predicted octanol–water partition coefficient (Wildman–Crippen LogP) is 4.30. The summed E-state index contributed by atoms with van der Waals surface area (Å²) in [5, 5.41) is 14.4. The topological polar surface area (TPSA) is 116 Å². The number of benzene rings is 1. The summed E-state index contributed by atoms with van der Waals surface area (Å²) in [5.41, 5.74) is 4.68. The Morgan fingerprint density at radius 2 is 1.87 bits per heavy atom. The summed E-state index contributed by atoms with van der Waals surface area (Å²) in [6.07, 6.45) is 10.0. The van der Waals surface area contributed by atoms with Crippen molar-refractivity contribution in [3.05, 3.63) is 88.4 Å². The molecular formula is C28H30N8O2. The SMILES string of the molecule is CCCCc1cn(-c2c(C=O)ccn2CCC)c(=O)n1Cc1ccc(-c2ccccc2-c2nn[nH]n2)nc1. The number of rotatable bonds is 11. The number of aldehydes is 1. The number of nitrogens with one attached hydrogen (secondary N) is 1. The second-order valence-corrected chi connectivity index (χ2v) is 9.20. The first kappa shape index (κ1) is 25.1. The van der Waals surface area contributed by atoms with Gasteiger partial charge >= 0.3 is 5.69 Å². The fourth-order valence-electron chi connectivity index (χ4n) is 4.71. The number of nitrogens with zero attached hydrogens (tertiary/aromatic N) is 7. The Bertz CT molecular complexity index is 1580. The predicted molar refractivity (Wildman–Crippen MR) is 144 cm³/mol. The van der Waals surface area contributed by atoms with E-state index >= 15 is 0 Å². The number of aryl methyl sites for hydroxylation is 2. The highest BCUT2D eigenvalue weighted by Gasteiger charge is 2.19. The molecule has 0 bridgehead atoms. The zero-order valence-corrected chi connectivity index (χ0v) is 21.5. The molecule has 0 aliphatic heterocycles. The molecule has 0 fully saturated rings. The average molecular weight is 511 g/mol. The van der Waals surface area contributed by atoms with E-state index in [1.54, 1.807) is 21.4 Å². The highest BCUT2D eigenvalue weighted by atomic mass is 16.2. The summed E-state index contributed by atoms with van der Waals surface area (Å²) in [4.78, 5) is 30.2. The fraction of sp³-hybridized carbons (Fsp3) is 0.286. The quantitative estimate of drug-likeness (QED) is 0.265. The standard InChI is InChI=1S/C28H30N8O2/c1-3-5-8-22-18-36(27-21(19-37)13-15-34(27)14-4-2)28(38)35(22)17-20-11-12-25(29-16-20)23-9-6-7-10-24(23)26-30-32-33-31-26/h6-7,9-13,15-16,18-19H,3-5,8,14,17H2,1-2H3,(H,30,31,32,33). The molecule has 5 rings (SSSR count). The molecule has 0 aliphatic rings. The first-order chi connectivity index (χ1) is 18.6. The van der Waals surface area contributed by atoms with Crippen molar-refractivity contribution in [1.29, 1.82) is 0 Å². The molecule has 38 heavy (non-hydrogen) atoms. The fourth-order valence-corrected chi connectivity index (χ4v) is 4.71. The molecule has 0 radical (unpaired) electrons. The first-order valence-electron chi connectivity index (χ1n) is 12.9. The Labute approximate surface area is 220 Å². The monoisotopic (exact) mass is 510 g/mol. The Kier molecular flexibility index (Phi) is 7.39. The number of tetrazole rings is 1. The Balaban J connectivity index is 1.50. The number of hydrogen-bond donors (Lipinski definition) is 1. The van der Waals surface area contributed by atoms with E-state index in [0.717, 1.165) is 66.6 Å². The molecule has 4 heterocycles. The van der Waals surface area contributed by atoms with Gasteiger partial charge in [-0.1, -0.05) is 50.6 Å². The molecule has 0 amide bonds. The van der Waals surface area contributed by atoms with Crippen LogP contribution in [0.2, 0.25) is 0 Å². The molecule has 0 atom stereocenters. The van der Waals surface area contributed by atoms with Crippen molar-refractivity contribution >= 4 is 6.29 Å². The van der Waals surface area contributed by atoms with Crippen LogP contribution in [0.25, 0.3) is 28.5 Å².